The molecule has 0 aliphatic carbocycles. The van der Waals surface area contributed by atoms with Gasteiger partial charge in [0.25, 0.3) is 0 Å². The first-order valence-electron chi connectivity index (χ1n) is 4.89. The van der Waals surface area contributed by atoms with Crippen LogP contribution in [0.15, 0.2) is 23.1 Å². The van der Waals surface area contributed by atoms with Gasteiger partial charge in [0, 0.05) is 19.8 Å². The number of urea groups is 1. The van der Waals surface area contributed by atoms with Gasteiger partial charge < -0.3 is 10.2 Å². The van der Waals surface area contributed by atoms with Gasteiger partial charge in [-0.3, -0.25) is 0 Å². The molecule has 0 heterocycles. The Balaban J connectivity index is 2.99. The fourth-order valence-corrected chi connectivity index (χ4v) is 2.41. The summed E-state index contributed by atoms with van der Waals surface area (Å²) >= 11 is 10.4. The maximum Gasteiger partial charge on any atom is 0.402 e. The number of nitrogens with zero attached hydrogens (tertiary/aromatic N) is 1. The molecular weight excluding hydrogens is 321 g/mol. The number of carbonyl (C=O) groups is 1. The van der Waals surface area contributed by atoms with Gasteiger partial charge in [-0.2, -0.15) is 8.78 Å². The first-order valence-corrected chi connectivity index (χ1v) is 6.80. The van der Waals surface area contributed by atoms with Crippen molar-refractivity contribution < 1.29 is 17.8 Å². The lowest BCUT2D eigenvalue weighted by molar-refractivity contribution is 0.195. The maximum absolute atomic E-state index is 12.7. The van der Waals surface area contributed by atoms with E-state index < -0.39 is 21.5 Å². The molecule has 1 rings (SSSR count). The summed E-state index contributed by atoms with van der Waals surface area (Å²) in [5, 5.41) is 2.30. The molecule has 1 aromatic carbocycles. The highest BCUT2D eigenvalue weighted by atomic mass is 35.5. The normalized spacial score (nSPS) is 12.9. The van der Waals surface area contributed by atoms with Gasteiger partial charge in [-0.05, 0) is 29.8 Å². The Bertz CT molecular complexity index is 521. The lowest BCUT2D eigenvalue weighted by Crippen LogP contribution is -2.27. The van der Waals surface area contributed by atoms with Crippen LogP contribution in [-0.2, 0) is 10.8 Å². The Morgan fingerprint density at radius 1 is 1.42 bits per heavy atom. The predicted octanol–water partition coefficient (Wildman–Crippen LogP) is 3.33. The van der Waals surface area contributed by atoms with E-state index in [2.05, 4.69) is 16.9 Å². The molecule has 0 fully saturated rings. The number of hydrogen-bond donors (Lipinski definition) is 1. The lowest BCUT2D eigenvalue weighted by Gasteiger charge is -2.13. The van der Waals surface area contributed by atoms with Crippen LogP contribution in [0.4, 0.5) is 19.3 Å². The fraction of sp³-hybridized carbons (Fsp3) is 0.300. The molecule has 2 amide bonds. The molecule has 0 saturated carbocycles. The van der Waals surface area contributed by atoms with E-state index in [-0.39, 0.29) is 9.92 Å². The smallest absolute Gasteiger partial charge is 0.331 e. The Morgan fingerprint density at radius 2 is 2.00 bits per heavy atom. The molecule has 0 spiro atoms. The fourth-order valence-electron chi connectivity index (χ4n) is 1.09. The van der Waals surface area contributed by atoms with Crippen LogP contribution in [-0.4, -0.2) is 33.9 Å². The van der Waals surface area contributed by atoms with E-state index in [1.165, 1.54) is 31.1 Å². The average molecular weight is 331 g/mol. The zero-order valence-corrected chi connectivity index (χ0v) is 12.2. The van der Waals surface area contributed by atoms with Crippen molar-refractivity contribution in [3.05, 3.63) is 23.2 Å². The van der Waals surface area contributed by atoms with Gasteiger partial charge in [0.05, 0.1) is 9.92 Å². The highest BCUT2D eigenvalue weighted by Crippen LogP contribution is 2.33. The molecule has 0 saturated heterocycles. The number of hydrogen-bond acceptors (Lipinski definition) is 2. The van der Waals surface area contributed by atoms with Gasteiger partial charge in [-0.15, -0.1) is 0 Å². The molecule has 19 heavy (non-hydrogen) atoms. The van der Waals surface area contributed by atoms with Gasteiger partial charge in [0.2, 0.25) is 0 Å². The highest BCUT2D eigenvalue weighted by Gasteiger charge is 2.36. The van der Waals surface area contributed by atoms with Gasteiger partial charge in [-0.1, -0.05) is 11.6 Å². The van der Waals surface area contributed by atoms with Gasteiger partial charge in [-0.25, -0.2) is 9.00 Å². The Hall–Kier alpha value is -0.920. The van der Waals surface area contributed by atoms with E-state index in [1.54, 1.807) is 0 Å². The van der Waals surface area contributed by atoms with Crippen molar-refractivity contribution in [1.29, 1.82) is 0 Å². The van der Waals surface area contributed by atoms with Crippen LogP contribution in [0.25, 0.3) is 0 Å². The summed E-state index contributed by atoms with van der Waals surface area (Å²) in [5.74, 6) is 0. The second kappa shape index (κ2) is 6.02. The molecule has 0 aliphatic rings. The van der Waals surface area contributed by atoms with Crippen molar-refractivity contribution in [3.63, 3.8) is 0 Å². The summed E-state index contributed by atoms with van der Waals surface area (Å²) in [4.78, 5) is 12.4. The average Bonchev–Trinajstić information content (AvgIpc) is 2.27. The van der Waals surface area contributed by atoms with Crippen LogP contribution in [0, 0.1) is 0 Å². The summed E-state index contributed by atoms with van der Waals surface area (Å²) in [6, 6.07) is 3.25. The topological polar surface area (TPSA) is 49.4 Å². The van der Waals surface area contributed by atoms with Crippen molar-refractivity contribution in [2.24, 2.45) is 0 Å². The minimum absolute atomic E-state index is 0.171. The van der Waals surface area contributed by atoms with Crippen molar-refractivity contribution in [1.82, 2.24) is 4.90 Å². The van der Waals surface area contributed by atoms with Crippen molar-refractivity contribution in [3.8, 4) is 0 Å². The summed E-state index contributed by atoms with van der Waals surface area (Å²) < 4.78 is 32.9. The molecule has 0 aromatic heterocycles. The van der Waals surface area contributed by atoms with Crippen molar-refractivity contribution >= 4 is 45.7 Å². The number of carbonyl (C=O) groups excluding carboxylic acids is 1. The number of benzene rings is 1. The summed E-state index contributed by atoms with van der Waals surface area (Å²) in [5.41, 5.74) is 0.294. The van der Waals surface area contributed by atoms with Crippen LogP contribution in [0.3, 0.4) is 0 Å². The van der Waals surface area contributed by atoms with E-state index in [1.807, 2.05) is 0 Å². The standard InChI is InChI=1S/C10H10Cl2F2N2O2S/c1-16(2)9(17)15-6-3-4-8(7(11)5-6)19(18)10(12,13)14/h3-5H,1-2H3,(H,15,17). The lowest BCUT2D eigenvalue weighted by atomic mass is 10.3. The van der Waals surface area contributed by atoms with Crippen LogP contribution < -0.4 is 5.32 Å². The minimum Gasteiger partial charge on any atom is -0.331 e. The SMILES string of the molecule is CN(C)C(=O)Nc1ccc(S(=O)C(F)(F)Cl)c(Cl)c1. The second-order valence-electron chi connectivity index (χ2n) is 3.68. The monoisotopic (exact) mass is 330 g/mol. The van der Waals surface area contributed by atoms with Gasteiger partial charge >= 0.3 is 10.7 Å². The first-order chi connectivity index (χ1) is 8.62. The van der Waals surface area contributed by atoms with Crippen LogP contribution >= 0.6 is 23.2 Å². The minimum atomic E-state index is -3.90. The summed E-state index contributed by atoms with van der Waals surface area (Å²) in [7, 11) is 0.307. The molecule has 1 unspecified atom stereocenters. The molecule has 1 aromatic rings. The Kier molecular flexibility index (Phi) is 5.11. The third kappa shape index (κ3) is 4.29. The van der Waals surface area contributed by atoms with E-state index >= 15 is 0 Å². The number of nitrogens with one attached hydrogen (secondary N) is 1. The molecule has 9 heteroatoms. The van der Waals surface area contributed by atoms with E-state index in [4.69, 9.17) is 11.6 Å². The van der Waals surface area contributed by atoms with Crippen molar-refractivity contribution in [2.75, 3.05) is 19.4 Å². The Morgan fingerprint density at radius 3 is 2.42 bits per heavy atom. The number of alkyl halides is 3. The zero-order valence-electron chi connectivity index (χ0n) is 9.92. The molecule has 4 nitrogen and oxygen atoms in total. The molecular formula is C10H10Cl2F2N2O2S. The van der Waals surface area contributed by atoms with Crippen LogP contribution in [0.1, 0.15) is 0 Å². The molecule has 106 valence electrons. The summed E-state index contributed by atoms with van der Waals surface area (Å²) in [6.07, 6.45) is 0. The highest BCUT2D eigenvalue weighted by molar-refractivity contribution is 7.87. The number of rotatable bonds is 3. The van der Waals surface area contributed by atoms with Gasteiger partial charge in [0.1, 0.15) is 10.8 Å². The van der Waals surface area contributed by atoms with E-state index in [9.17, 15) is 17.8 Å². The third-order valence-electron chi connectivity index (χ3n) is 2.00. The maximum atomic E-state index is 12.7. The molecule has 0 bridgehead atoms. The number of anilines is 1. The Labute approximate surface area is 121 Å². The molecule has 0 radical (unpaired) electrons. The van der Waals surface area contributed by atoms with Crippen LogP contribution in [0.2, 0.25) is 5.02 Å². The summed E-state index contributed by atoms with van der Waals surface area (Å²) in [6.45, 7) is 0. The molecule has 1 atom stereocenters. The number of amides is 2. The second-order valence-corrected chi connectivity index (χ2v) is 6.28. The first kappa shape index (κ1) is 16.1. The van der Waals surface area contributed by atoms with Gasteiger partial charge in [0.15, 0.2) is 0 Å². The van der Waals surface area contributed by atoms with Crippen LogP contribution in [0.5, 0.6) is 0 Å². The third-order valence-corrected chi connectivity index (χ3v) is 4.02. The largest absolute Gasteiger partial charge is 0.402 e. The number of halogens is 4. The molecule has 0 aliphatic heterocycles. The quantitative estimate of drug-likeness (QED) is 0.864. The molecule has 1 N–H and O–H groups in total. The van der Waals surface area contributed by atoms with Crippen molar-refractivity contribution in [2.45, 2.75) is 9.61 Å². The zero-order chi connectivity index (χ0) is 14.8. The van der Waals surface area contributed by atoms with E-state index in [0.29, 0.717) is 5.69 Å². The predicted molar refractivity (Wildman–Crippen MR) is 71.4 cm³/mol. The van der Waals surface area contributed by atoms with E-state index in [0.717, 1.165) is 6.07 Å².